The van der Waals surface area contributed by atoms with Gasteiger partial charge in [-0.05, 0) is 39.2 Å². The van der Waals surface area contributed by atoms with Crippen LogP contribution in [-0.2, 0) is 4.74 Å². The summed E-state index contributed by atoms with van der Waals surface area (Å²) in [6, 6.07) is 13.1. The number of nitrogen functional groups attached to an aromatic ring is 1. The topological polar surface area (TPSA) is 52.3 Å². The molecule has 0 aromatic heterocycles. The molecule has 0 fully saturated rings. The van der Waals surface area contributed by atoms with Crippen LogP contribution in [0.25, 0.3) is 11.1 Å². The summed E-state index contributed by atoms with van der Waals surface area (Å²) in [5, 5.41) is 0. The molecular formula is C14H12BrNO2. The van der Waals surface area contributed by atoms with E-state index < -0.39 is 0 Å². The molecule has 92 valence electrons. The van der Waals surface area contributed by atoms with Crippen LogP contribution in [0.15, 0.2) is 46.9 Å². The SMILES string of the molecule is COC(=O)c1c(Br)cc(N)cc1-c1ccccc1. The van der Waals surface area contributed by atoms with Gasteiger partial charge in [0.1, 0.15) is 0 Å². The zero-order chi connectivity index (χ0) is 13.1. The minimum atomic E-state index is -0.388. The van der Waals surface area contributed by atoms with Crippen LogP contribution in [0.2, 0.25) is 0 Å². The van der Waals surface area contributed by atoms with E-state index in [1.165, 1.54) is 7.11 Å². The summed E-state index contributed by atoms with van der Waals surface area (Å²) in [6.07, 6.45) is 0. The van der Waals surface area contributed by atoms with E-state index in [1.54, 1.807) is 12.1 Å². The average molecular weight is 306 g/mol. The van der Waals surface area contributed by atoms with E-state index >= 15 is 0 Å². The molecule has 0 aliphatic carbocycles. The van der Waals surface area contributed by atoms with Crippen LogP contribution in [0.3, 0.4) is 0 Å². The van der Waals surface area contributed by atoms with Gasteiger partial charge in [-0.1, -0.05) is 30.3 Å². The van der Waals surface area contributed by atoms with E-state index in [1.807, 2.05) is 30.3 Å². The van der Waals surface area contributed by atoms with Crippen molar-refractivity contribution in [3.8, 4) is 11.1 Å². The first kappa shape index (κ1) is 12.6. The summed E-state index contributed by atoms with van der Waals surface area (Å²) in [6.45, 7) is 0. The molecule has 18 heavy (non-hydrogen) atoms. The Balaban J connectivity index is 2.69. The van der Waals surface area contributed by atoms with Crippen molar-refractivity contribution in [1.82, 2.24) is 0 Å². The first-order valence-corrected chi connectivity index (χ1v) is 6.15. The Morgan fingerprint density at radius 2 is 1.89 bits per heavy atom. The molecule has 0 aliphatic heterocycles. The number of rotatable bonds is 2. The van der Waals surface area contributed by atoms with Crippen molar-refractivity contribution in [2.45, 2.75) is 0 Å². The van der Waals surface area contributed by atoms with E-state index in [0.717, 1.165) is 11.1 Å². The van der Waals surface area contributed by atoms with Crippen molar-refractivity contribution < 1.29 is 9.53 Å². The third-order valence-electron chi connectivity index (χ3n) is 2.59. The number of anilines is 1. The number of hydrogen-bond donors (Lipinski definition) is 1. The maximum Gasteiger partial charge on any atom is 0.339 e. The Morgan fingerprint density at radius 3 is 2.50 bits per heavy atom. The number of hydrogen-bond acceptors (Lipinski definition) is 3. The van der Waals surface area contributed by atoms with Crippen molar-refractivity contribution >= 4 is 27.6 Å². The quantitative estimate of drug-likeness (QED) is 0.682. The summed E-state index contributed by atoms with van der Waals surface area (Å²) < 4.78 is 5.44. The Labute approximate surface area is 114 Å². The highest BCUT2D eigenvalue weighted by Gasteiger charge is 2.17. The van der Waals surface area contributed by atoms with E-state index in [0.29, 0.717) is 15.7 Å². The Hall–Kier alpha value is -1.81. The number of ether oxygens (including phenoxy) is 1. The highest BCUT2D eigenvalue weighted by Crippen LogP contribution is 2.32. The van der Waals surface area contributed by atoms with Crippen molar-refractivity contribution in [3.05, 3.63) is 52.5 Å². The van der Waals surface area contributed by atoms with Crippen LogP contribution in [0.4, 0.5) is 5.69 Å². The molecule has 0 amide bonds. The molecule has 0 spiro atoms. The number of carbonyl (C=O) groups is 1. The number of esters is 1. The number of nitrogens with two attached hydrogens (primary N) is 1. The van der Waals surface area contributed by atoms with Crippen molar-refractivity contribution in [2.24, 2.45) is 0 Å². The van der Waals surface area contributed by atoms with Crippen LogP contribution >= 0.6 is 15.9 Å². The van der Waals surface area contributed by atoms with Gasteiger partial charge in [-0.15, -0.1) is 0 Å². The standard InChI is InChI=1S/C14H12BrNO2/c1-18-14(17)13-11(7-10(16)8-12(13)15)9-5-3-2-4-6-9/h2-8H,16H2,1H3. The molecule has 2 aromatic carbocycles. The molecule has 0 saturated carbocycles. The fraction of sp³-hybridized carbons (Fsp3) is 0.0714. The summed E-state index contributed by atoms with van der Waals surface area (Å²) in [5.41, 5.74) is 8.58. The van der Waals surface area contributed by atoms with Gasteiger partial charge in [0.15, 0.2) is 0 Å². The lowest BCUT2D eigenvalue weighted by Gasteiger charge is -2.11. The molecule has 4 heteroatoms. The summed E-state index contributed by atoms with van der Waals surface area (Å²) in [7, 11) is 1.36. The fourth-order valence-corrected chi connectivity index (χ4v) is 2.42. The second kappa shape index (κ2) is 5.23. The minimum Gasteiger partial charge on any atom is -0.465 e. The van der Waals surface area contributed by atoms with Crippen molar-refractivity contribution in [3.63, 3.8) is 0 Å². The third kappa shape index (κ3) is 2.38. The highest BCUT2D eigenvalue weighted by atomic mass is 79.9. The number of carbonyl (C=O) groups excluding carboxylic acids is 1. The predicted molar refractivity (Wildman–Crippen MR) is 75.3 cm³/mol. The lowest BCUT2D eigenvalue weighted by Crippen LogP contribution is -2.05. The van der Waals surface area contributed by atoms with Crippen LogP contribution in [-0.4, -0.2) is 13.1 Å². The van der Waals surface area contributed by atoms with E-state index in [-0.39, 0.29) is 5.97 Å². The zero-order valence-electron chi connectivity index (χ0n) is 9.81. The largest absolute Gasteiger partial charge is 0.465 e. The smallest absolute Gasteiger partial charge is 0.339 e. The van der Waals surface area contributed by atoms with E-state index in [2.05, 4.69) is 15.9 Å². The summed E-state index contributed by atoms with van der Waals surface area (Å²) in [5.74, 6) is -0.388. The molecule has 0 aliphatic rings. The van der Waals surface area contributed by atoms with Gasteiger partial charge in [-0.2, -0.15) is 0 Å². The van der Waals surface area contributed by atoms with Crippen LogP contribution in [0.1, 0.15) is 10.4 Å². The van der Waals surface area contributed by atoms with Crippen LogP contribution < -0.4 is 5.73 Å². The predicted octanol–water partition coefficient (Wildman–Crippen LogP) is 3.48. The average Bonchev–Trinajstić information content (AvgIpc) is 2.38. The maximum absolute atomic E-state index is 11.8. The first-order valence-electron chi connectivity index (χ1n) is 5.36. The molecule has 3 nitrogen and oxygen atoms in total. The molecule has 0 bridgehead atoms. The fourth-order valence-electron chi connectivity index (χ4n) is 1.78. The van der Waals surface area contributed by atoms with Crippen molar-refractivity contribution in [1.29, 1.82) is 0 Å². The molecule has 2 N–H and O–H groups in total. The Kier molecular flexibility index (Phi) is 3.67. The molecule has 2 aromatic rings. The minimum absolute atomic E-state index is 0.388. The monoisotopic (exact) mass is 305 g/mol. The highest BCUT2D eigenvalue weighted by molar-refractivity contribution is 9.10. The lowest BCUT2D eigenvalue weighted by molar-refractivity contribution is 0.0600. The summed E-state index contributed by atoms with van der Waals surface area (Å²) in [4.78, 5) is 11.8. The van der Waals surface area contributed by atoms with Crippen LogP contribution in [0, 0.1) is 0 Å². The number of halogens is 1. The van der Waals surface area contributed by atoms with Gasteiger partial charge in [-0.25, -0.2) is 4.79 Å². The zero-order valence-corrected chi connectivity index (χ0v) is 11.4. The molecule has 2 rings (SSSR count). The summed E-state index contributed by atoms with van der Waals surface area (Å²) >= 11 is 3.36. The number of methoxy groups -OCH3 is 1. The maximum atomic E-state index is 11.8. The molecule has 0 radical (unpaired) electrons. The van der Waals surface area contributed by atoms with Crippen molar-refractivity contribution in [2.75, 3.05) is 12.8 Å². The van der Waals surface area contributed by atoms with Gasteiger partial charge in [0.05, 0.1) is 12.7 Å². The van der Waals surface area contributed by atoms with Gasteiger partial charge >= 0.3 is 5.97 Å². The van der Waals surface area contributed by atoms with Crippen LogP contribution in [0.5, 0.6) is 0 Å². The third-order valence-corrected chi connectivity index (χ3v) is 3.21. The molecule has 0 atom stereocenters. The Bertz CT molecular complexity index is 582. The molecule has 0 heterocycles. The number of benzene rings is 2. The lowest BCUT2D eigenvalue weighted by atomic mass is 9.99. The van der Waals surface area contributed by atoms with Gasteiger partial charge in [0, 0.05) is 10.2 Å². The van der Waals surface area contributed by atoms with Gasteiger partial charge < -0.3 is 10.5 Å². The normalized spacial score (nSPS) is 10.1. The second-order valence-electron chi connectivity index (χ2n) is 3.78. The second-order valence-corrected chi connectivity index (χ2v) is 4.64. The van der Waals surface area contributed by atoms with E-state index in [4.69, 9.17) is 10.5 Å². The van der Waals surface area contributed by atoms with Gasteiger partial charge in [-0.3, -0.25) is 0 Å². The Morgan fingerprint density at radius 1 is 1.22 bits per heavy atom. The molecule has 0 unspecified atom stereocenters. The van der Waals surface area contributed by atoms with Gasteiger partial charge in [0.2, 0.25) is 0 Å². The van der Waals surface area contributed by atoms with E-state index in [9.17, 15) is 4.79 Å². The van der Waals surface area contributed by atoms with Gasteiger partial charge in [0.25, 0.3) is 0 Å². The first-order chi connectivity index (χ1) is 8.63. The molecular weight excluding hydrogens is 294 g/mol. The molecule has 0 saturated heterocycles.